The van der Waals surface area contributed by atoms with Gasteiger partial charge in [-0.25, -0.2) is 8.93 Å². The molecule has 2 unspecified atom stereocenters. The lowest BCUT2D eigenvalue weighted by molar-refractivity contribution is 0.575. The summed E-state index contributed by atoms with van der Waals surface area (Å²) in [5, 5.41) is 0. The fourth-order valence-corrected chi connectivity index (χ4v) is 2.48. The van der Waals surface area contributed by atoms with Gasteiger partial charge in [0.05, 0.1) is 15.7 Å². The maximum atomic E-state index is 12.2. The zero-order valence-electron chi connectivity index (χ0n) is 12.0. The number of hydrogen-bond donors (Lipinski definition) is 1. The fourth-order valence-electron chi connectivity index (χ4n) is 1.61. The van der Waals surface area contributed by atoms with Crippen molar-refractivity contribution in [3.05, 3.63) is 42.5 Å². The van der Waals surface area contributed by atoms with E-state index in [4.69, 9.17) is 7.85 Å². The summed E-state index contributed by atoms with van der Waals surface area (Å²) in [6.45, 7) is 9.63. The minimum absolute atomic E-state index is 0.0543. The summed E-state index contributed by atoms with van der Waals surface area (Å²) in [6, 6.07) is 7.76. The van der Waals surface area contributed by atoms with Gasteiger partial charge in [0.1, 0.15) is 7.85 Å². The summed E-state index contributed by atoms with van der Waals surface area (Å²) in [4.78, 5) is 0. The van der Waals surface area contributed by atoms with Gasteiger partial charge < -0.3 is 0 Å². The van der Waals surface area contributed by atoms with E-state index in [1.54, 1.807) is 0 Å². The molecule has 2 radical (unpaired) electrons. The minimum Gasteiger partial charge on any atom is -0.242 e. The van der Waals surface area contributed by atoms with E-state index < -0.39 is 11.0 Å². The Morgan fingerprint density at radius 1 is 1.37 bits per heavy atom. The van der Waals surface area contributed by atoms with Gasteiger partial charge in [-0.05, 0) is 39.2 Å². The summed E-state index contributed by atoms with van der Waals surface area (Å²) >= 11 is 0. The lowest BCUT2D eigenvalue weighted by Crippen LogP contribution is -2.35. The Morgan fingerprint density at radius 2 is 1.95 bits per heavy atom. The van der Waals surface area contributed by atoms with Gasteiger partial charge in [-0.1, -0.05) is 35.8 Å². The van der Waals surface area contributed by atoms with Gasteiger partial charge in [0.15, 0.2) is 0 Å². The van der Waals surface area contributed by atoms with Gasteiger partial charge in [-0.15, -0.1) is 6.58 Å². The van der Waals surface area contributed by atoms with Crippen LogP contribution in [-0.2, 0) is 11.0 Å². The first-order valence-corrected chi connectivity index (χ1v) is 7.64. The molecule has 1 aromatic carbocycles. The number of benzene rings is 1. The van der Waals surface area contributed by atoms with Crippen LogP contribution in [0.3, 0.4) is 0 Å². The second-order valence-electron chi connectivity index (χ2n) is 5.58. The number of nitrogens with one attached hydrogen (secondary N) is 1. The number of allylic oxidation sites excluding steroid dienone is 1. The third-order valence-corrected chi connectivity index (χ3v) is 4.41. The molecule has 0 fully saturated rings. The molecule has 0 bridgehead atoms. The van der Waals surface area contributed by atoms with Crippen LogP contribution in [0.4, 0.5) is 0 Å². The van der Waals surface area contributed by atoms with Crippen molar-refractivity contribution in [2.24, 2.45) is 0 Å². The molecule has 0 saturated carbocycles. The highest BCUT2D eigenvalue weighted by Crippen LogP contribution is 2.21. The van der Waals surface area contributed by atoms with Gasteiger partial charge in [0, 0.05) is 6.04 Å². The third kappa shape index (κ3) is 5.33. The second-order valence-corrected chi connectivity index (χ2v) is 7.58. The third-order valence-electron chi connectivity index (χ3n) is 2.80. The molecule has 0 aromatic heterocycles. The van der Waals surface area contributed by atoms with Crippen molar-refractivity contribution < 1.29 is 4.21 Å². The largest absolute Gasteiger partial charge is 0.242 e. The normalized spacial score (nSPS) is 14.9. The molecular weight excluding hydrogens is 253 g/mol. The molecule has 0 spiro atoms. The van der Waals surface area contributed by atoms with E-state index in [9.17, 15) is 4.21 Å². The van der Waals surface area contributed by atoms with Crippen LogP contribution in [0.25, 0.3) is 0 Å². The zero-order valence-corrected chi connectivity index (χ0v) is 12.8. The highest BCUT2D eigenvalue weighted by Gasteiger charge is 2.23. The van der Waals surface area contributed by atoms with E-state index in [0.717, 1.165) is 23.9 Å². The Balaban J connectivity index is 2.85. The van der Waals surface area contributed by atoms with Gasteiger partial charge in [-0.2, -0.15) is 0 Å². The Morgan fingerprint density at radius 3 is 2.42 bits per heavy atom. The molecule has 102 valence electrons. The second kappa shape index (κ2) is 7.06. The molecule has 2 nitrogen and oxygen atoms in total. The predicted octanol–water partition coefficient (Wildman–Crippen LogP) is 2.54. The monoisotopic (exact) mass is 275 g/mol. The van der Waals surface area contributed by atoms with Crippen LogP contribution in [-0.4, -0.2) is 16.8 Å². The Hall–Kier alpha value is -0.865. The standard InChI is InChI=1S/C15H22BNOS/c1-5-6-7-14(17-19(18)15(2,3)4)12-8-10-13(16)11-9-12/h5,8-11,14,17H,1,6-7H2,2-4H3. The number of rotatable bonds is 6. The van der Waals surface area contributed by atoms with Gasteiger partial charge >= 0.3 is 0 Å². The van der Waals surface area contributed by atoms with Crippen LogP contribution in [0, 0.1) is 0 Å². The number of hydrogen-bond acceptors (Lipinski definition) is 1. The fraction of sp³-hybridized carbons (Fsp3) is 0.467. The van der Waals surface area contributed by atoms with E-state index in [-0.39, 0.29) is 10.8 Å². The Bertz CT molecular complexity index is 436. The van der Waals surface area contributed by atoms with Crippen LogP contribution >= 0.6 is 0 Å². The van der Waals surface area contributed by atoms with E-state index >= 15 is 0 Å². The first-order valence-electron chi connectivity index (χ1n) is 6.49. The summed E-state index contributed by atoms with van der Waals surface area (Å²) in [7, 11) is 4.61. The summed E-state index contributed by atoms with van der Waals surface area (Å²) in [6.07, 6.45) is 3.63. The lowest BCUT2D eigenvalue weighted by Gasteiger charge is -2.24. The molecular formula is C15H22BNOS. The summed E-state index contributed by atoms with van der Waals surface area (Å²) in [5.41, 5.74) is 1.84. The zero-order chi connectivity index (χ0) is 14.5. The van der Waals surface area contributed by atoms with Crippen molar-refractivity contribution in [1.82, 2.24) is 4.72 Å². The van der Waals surface area contributed by atoms with E-state index in [1.165, 1.54) is 0 Å². The van der Waals surface area contributed by atoms with Crippen molar-refractivity contribution >= 4 is 24.3 Å². The molecule has 0 heterocycles. The summed E-state index contributed by atoms with van der Waals surface area (Å²) in [5.74, 6) is 0. The van der Waals surface area contributed by atoms with Crippen molar-refractivity contribution in [1.29, 1.82) is 0 Å². The van der Waals surface area contributed by atoms with Crippen molar-refractivity contribution in [3.63, 3.8) is 0 Å². The maximum absolute atomic E-state index is 12.2. The van der Waals surface area contributed by atoms with Gasteiger partial charge in [-0.3, -0.25) is 0 Å². The molecule has 1 aromatic rings. The molecule has 0 amide bonds. The molecule has 4 heteroatoms. The highest BCUT2D eigenvalue weighted by molar-refractivity contribution is 7.84. The summed E-state index contributed by atoms with van der Waals surface area (Å²) < 4.78 is 15.2. The van der Waals surface area contributed by atoms with Crippen LogP contribution in [0.5, 0.6) is 0 Å². The first-order chi connectivity index (χ1) is 8.84. The molecule has 0 aliphatic rings. The highest BCUT2D eigenvalue weighted by atomic mass is 32.2. The van der Waals surface area contributed by atoms with Crippen molar-refractivity contribution in [3.8, 4) is 0 Å². The quantitative estimate of drug-likeness (QED) is 0.627. The minimum atomic E-state index is -1.09. The van der Waals surface area contributed by atoms with Crippen molar-refractivity contribution in [2.75, 3.05) is 0 Å². The molecule has 1 N–H and O–H groups in total. The van der Waals surface area contributed by atoms with Crippen molar-refractivity contribution in [2.45, 2.75) is 44.4 Å². The average molecular weight is 275 g/mol. The van der Waals surface area contributed by atoms with Gasteiger partial charge in [0.25, 0.3) is 0 Å². The van der Waals surface area contributed by atoms with Crippen LogP contribution in [0.1, 0.15) is 45.2 Å². The molecule has 19 heavy (non-hydrogen) atoms. The average Bonchev–Trinajstić information content (AvgIpc) is 2.34. The lowest BCUT2D eigenvalue weighted by atomic mass is 9.93. The van der Waals surface area contributed by atoms with Crippen LogP contribution in [0.15, 0.2) is 36.9 Å². The topological polar surface area (TPSA) is 29.1 Å². The first kappa shape index (κ1) is 16.2. The molecule has 0 aliphatic heterocycles. The Labute approximate surface area is 120 Å². The predicted molar refractivity (Wildman–Crippen MR) is 85.0 cm³/mol. The molecule has 0 saturated heterocycles. The molecule has 1 rings (SSSR count). The SMILES string of the molecule is [B]c1ccc(C(CCC=C)NS(=O)C(C)(C)C)cc1. The molecule has 2 atom stereocenters. The van der Waals surface area contributed by atoms with E-state index in [0.29, 0.717) is 0 Å². The van der Waals surface area contributed by atoms with E-state index in [2.05, 4.69) is 11.3 Å². The van der Waals surface area contributed by atoms with Gasteiger partial charge in [0.2, 0.25) is 0 Å². The van der Waals surface area contributed by atoms with Crippen LogP contribution < -0.4 is 10.2 Å². The maximum Gasteiger partial charge on any atom is 0.113 e. The smallest absolute Gasteiger partial charge is 0.113 e. The molecule has 0 aliphatic carbocycles. The van der Waals surface area contributed by atoms with E-state index in [1.807, 2.05) is 51.1 Å². The van der Waals surface area contributed by atoms with Crippen LogP contribution in [0.2, 0.25) is 0 Å². The Kier molecular flexibility index (Phi) is 6.02.